The highest BCUT2D eigenvalue weighted by Gasteiger charge is 2.02. The van der Waals surface area contributed by atoms with Crippen LogP contribution in [0.3, 0.4) is 0 Å². The smallest absolute Gasteiger partial charge is 0.239 e. The maximum atomic E-state index is 11.4. The number of methoxy groups -OCH3 is 1. The summed E-state index contributed by atoms with van der Waals surface area (Å²) in [6, 6.07) is 7.75. The van der Waals surface area contributed by atoms with E-state index in [0.29, 0.717) is 19.0 Å². The van der Waals surface area contributed by atoms with Crippen LogP contribution in [0.15, 0.2) is 29.3 Å². The fourth-order valence-corrected chi connectivity index (χ4v) is 1.71. The molecule has 1 aromatic rings. The number of carbonyl (C=O) groups is 1. The molecule has 1 aromatic carbocycles. The Morgan fingerprint density at radius 1 is 1.18 bits per heavy atom. The van der Waals surface area contributed by atoms with Crippen LogP contribution in [0.25, 0.3) is 0 Å². The van der Waals surface area contributed by atoms with Gasteiger partial charge in [0.2, 0.25) is 5.91 Å². The van der Waals surface area contributed by atoms with E-state index in [1.807, 2.05) is 38.1 Å². The van der Waals surface area contributed by atoms with E-state index >= 15 is 0 Å². The predicted octanol–water partition coefficient (Wildman–Crippen LogP) is 1.50. The lowest BCUT2D eigenvalue weighted by atomic mass is 10.2. The molecule has 0 radical (unpaired) electrons. The summed E-state index contributed by atoms with van der Waals surface area (Å²) < 4.78 is 5.18. The molecule has 22 heavy (non-hydrogen) atoms. The van der Waals surface area contributed by atoms with E-state index in [1.54, 1.807) is 7.11 Å². The second kappa shape index (κ2) is 12.1. The summed E-state index contributed by atoms with van der Waals surface area (Å²) in [4.78, 5) is 15.9. The molecule has 0 unspecified atom stereocenters. The van der Waals surface area contributed by atoms with Crippen molar-refractivity contribution in [3.63, 3.8) is 0 Å². The van der Waals surface area contributed by atoms with Crippen LogP contribution in [-0.2, 0) is 11.3 Å². The fourth-order valence-electron chi connectivity index (χ4n) is 1.71. The minimum atomic E-state index is -0.0514. The van der Waals surface area contributed by atoms with Gasteiger partial charge < -0.3 is 20.7 Å². The van der Waals surface area contributed by atoms with E-state index in [-0.39, 0.29) is 36.4 Å². The molecule has 0 saturated heterocycles. The monoisotopic (exact) mass is 420 g/mol. The molecule has 1 rings (SSSR count). The number of hydrogen-bond acceptors (Lipinski definition) is 3. The molecule has 0 spiro atoms. The van der Waals surface area contributed by atoms with Gasteiger partial charge in [0.1, 0.15) is 5.75 Å². The number of rotatable bonds is 7. The molecule has 3 N–H and O–H groups in total. The molecular formula is C15H25IN4O2. The third kappa shape index (κ3) is 8.06. The Balaban J connectivity index is 0.00000441. The van der Waals surface area contributed by atoms with Crippen molar-refractivity contribution in [2.24, 2.45) is 4.99 Å². The number of benzene rings is 1. The second-order valence-corrected chi connectivity index (χ2v) is 4.35. The van der Waals surface area contributed by atoms with Crippen LogP contribution >= 0.6 is 24.0 Å². The van der Waals surface area contributed by atoms with Crippen molar-refractivity contribution >= 4 is 35.8 Å². The molecule has 0 aliphatic carbocycles. The Kier molecular flexibility index (Phi) is 11.2. The lowest BCUT2D eigenvalue weighted by Crippen LogP contribution is -2.43. The van der Waals surface area contributed by atoms with Crippen molar-refractivity contribution in [2.75, 3.05) is 26.7 Å². The number of ether oxygens (including phenoxy) is 1. The molecule has 0 fully saturated rings. The summed E-state index contributed by atoms with van der Waals surface area (Å²) in [5.74, 6) is 1.37. The molecule has 0 saturated carbocycles. The van der Waals surface area contributed by atoms with E-state index in [1.165, 1.54) is 0 Å². The second-order valence-electron chi connectivity index (χ2n) is 4.35. The quantitative estimate of drug-likeness (QED) is 0.355. The standard InChI is InChI=1S/C15H24N4O2.HI/c1-4-16-14(20)11-19-15(17-5-2)18-10-12-7-6-8-13(9-12)21-3;/h6-9H,4-5,10-11H2,1-3H3,(H,16,20)(H2,17,18,19);1H. The summed E-state index contributed by atoms with van der Waals surface area (Å²) in [5, 5.41) is 8.84. The Hall–Kier alpha value is -1.51. The van der Waals surface area contributed by atoms with E-state index in [2.05, 4.69) is 20.9 Å². The largest absolute Gasteiger partial charge is 0.497 e. The molecule has 0 aliphatic heterocycles. The Bertz CT molecular complexity index is 480. The highest BCUT2D eigenvalue weighted by Crippen LogP contribution is 2.12. The van der Waals surface area contributed by atoms with E-state index in [4.69, 9.17) is 4.74 Å². The average Bonchev–Trinajstić information content (AvgIpc) is 2.50. The molecule has 0 heterocycles. The number of carbonyl (C=O) groups excluding carboxylic acids is 1. The third-order valence-electron chi connectivity index (χ3n) is 2.69. The summed E-state index contributed by atoms with van der Waals surface area (Å²) in [7, 11) is 1.64. The molecular weight excluding hydrogens is 395 g/mol. The van der Waals surface area contributed by atoms with Crippen LogP contribution in [0, 0.1) is 0 Å². The van der Waals surface area contributed by atoms with Crippen LogP contribution in [-0.4, -0.2) is 38.6 Å². The first kappa shape index (κ1) is 20.5. The van der Waals surface area contributed by atoms with Crippen molar-refractivity contribution in [1.82, 2.24) is 16.0 Å². The van der Waals surface area contributed by atoms with Gasteiger partial charge in [-0.15, -0.1) is 24.0 Å². The summed E-state index contributed by atoms with van der Waals surface area (Å²) in [6.07, 6.45) is 0. The number of aliphatic imine (C=N–C) groups is 1. The van der Waals surface area contributed by atoms with Gasteiger partial charge in [-0.3, -0.25) is 4.79 Å². The van der Waals surface area contributed by atoms with Gasteiger partial charge in [0.05, 0.1) is 20.2 Å². The third-order valence-corrected chi connectivity index (χ3v) is 2.69. The van der Waals surface area contributed by atoms with Crippen LogP contribution in [0.1, 0.15) is 19.4 Å². The zero-order valence-electron chi connectivity index (χ0n) is 13.3. The van der Waals surface area contributed by atoms with Crippen molar-refractivity contribution in [3.8, 4) is 5.75 Å². The molecule has 7 heteroatoms. The lowest BCUT2D eigenvalue weighted by molar-refractivity contribution is -0.119. The SMILES string of the molecule is CCNC(=O)CNC(=NCc1cccc(OC)c1)NCC.I. The predicted molar refractivity (Wildman–Crippen MR) is 99.9 cm³/mol. The molecule has 0 aromatic heterocycles. The number of halogens is 1. The Labute approximate surface area is 149 Å². The van der Waals surface area contributed by atoms with E-state index < -0.39 is 0 Å². The maximum absolute atomic E-state index is 11.4. The van der Waals surface area contributed by atoms with Gasteiger partial charge in [0.25, 0.3) is 0 Å². The first-order valence-electron chi connectivity index (χ1n) is 7.11. The summed E-state index contributed by atoms with van der Waals surface area (Å²) in [6.45, 7) is 5.95. The normalized spacial score (nSPS) is 10.4. The zero-order chi connectivity index (χ0) is 15.5. The number of hydrogen-bond donors (Lipinski definition) is 3. The van der Waals surface area contributed by atoms with Gasteiger partial charge in [0.15, 0.2) is 5.96 Å². The average molecular weight is 420 g/mol. The van der Waals surface area contributed by atoms with Crippen LogP contribution in [0.2, 0.25) is 0 Å². The number of nitrogens with one attached hydrogen (secondary N) is 3. The topological polar surface area (TPSA) is 74.8 Å². The van der Waals surface area contributed by atoms with E-state index in [9.17, 15) is 4.79 Å². The van der Waals surface area contributed by atoms with Crippen molar-refractivity contribution in [2.45, 2.75) is 20.4 Å². The minimum Gasteiger partial charge on any atom is -0.497 e. The summed E-state index contributed by atoms with van der Waals surface area (Å²) >= 11 is 0. The molecule has 0 aliphatic rings. The number of guanidine groups is 1. The van der Waals surface area contributed by atoms with Gasteiger partial charge in [-0.05, 0) is 31.5 Å². The van der Waals surface area contributed by atoms with Gasteiger partial charge in [0, 0.05) is 13.1 Å². The zero-order valence-corrected chi connectivity index (χ0v) is 15.6. The number of nitrogens with zero attached hydrogens (tertiary/aromatic N) is 1. The molecule has 124 valence electrons. The number of likely N-dealkylation sites (N-methyl/N-ethyl adjacent to an activating group) is 1. The lowest BCUT2D eigenvalue weighted by Gasteiger charge is -2.11. The van der Waals surface area contributed by atoms with Gasteiger partial charge >= 0.3 is 0 Å². The van der Waals surface area contributed by atoms with Crippen molar-refractivity contribution < 1.29 is 9.53 Å². The fraction of sp³-hybridized carbons (Fsp3) is 0.467. The Morgan fingerprint density at radius 2 is 1.91 bits per heavy atom. The molecule has 0 atom stereocenters. The van der Waals surface area contributed by atoms with Crippen LogP contribution in [0.4, 0.5) is 0 Å². The van der Waals surface area contributed by atoms with Crippen molar-refractivity contribution in [3.05, 3.63) is 29.8 Å². The Morgan fingerprint density at radius 3 is 2.55 bits per heavy atom. The molecule has 1 amide bonds. The van der Waals surface area contributed by atoms with Gasteiger partial charge in [-0.25, -0.2) is 4.99 Å². The summed E-state index contributed by atoms with van der Waals surface area (Å²) in [5.41, 5.74) is 1.05. The molecule has 6 nitrogen and oxygen atoms in total. The maximum Gasteiger partial charge on any atom is 0.239 e. The van der Waals surface area contributed by atoms with Gasteiger partial charge in [-0.2, -0.15) is 0 Å². The van der Waals surface area contributed by atoms with Gasteiger partial charge in [-0.1, -0.05) is 12.1 Å². The number of amides is 1. The van der Waals surface area contributed by atoms with Crippen molar-refractivity contribution in [1.29, 1.82) is 0 Å². The van der Waals surface area contributed by atoms with E-state index in [0.717, 1.165) is 17.9 Å². The first-order valence-corrected chi connectivity index (χ1v) is 7.11. The highest BCUT2D eigenvalue weighted by molar-refractivity contribution is 14.0. The first-order chi connectivity index (χ1) is 10.2. The molecule has 0 bridgehead atoms. The van der Waals surface area contributed by atoms with Crippen LogP contribution in [0.5, 0.6) is 5.75 Å². The van der Waals surface area contributed by atoms with Crippen LogP contribution < -0.4 is 20.7 Å². The minimum absolute atomic E-state index is 0. The highest BCUT2D eigenvalue weighted by atomic mass is 127.